The van der Waals surface area contributed by atoms with E-state index in [0.717, 1.165) is 6.42 Å². The van der Waals surface area contributed by atoms with Gasteiger partial charge in [-0.05, 0) is 6.42 Å². The summed E-state index contributed by atoms with van der Waals surface area (Å²) in [5, 5.41) is 7.91. The van der Waals surface area contributed by atoms with Crippen LogP contribution < -0.4 is 0 Å². The first-order chi connectivity index (χ1) is 2.77. The van der Waals surface area contributed by atoms with Crippen LogP contribution in [0.25, 0.3) is 0 Å². The molecular weight excluding hydrogens is 120 g/mol. The van der Waals surface area contributed by atoms with Gasteiger partial charge in [-0.15, -0.1) is 0 Å². The van der Waals surface area contributed by atoms with Gasteiger partial charge in [0.05, 0.1) is 0 Å². The molecule has 0 saturated heterocycles. The Hall–Kier alpha value is 0.730. The molecular formula is C4H10CaO2. The molecule has 0 bridgehead atoms. The molecule has 0 amide bonds. The van der Waals surface area contributed by atoms with Gasteiger partial charge in [0.2, 0.25) is 0 Å². The molecule has 0 aromatic carbocycles. The van der Waals surface area contributed by atoms with E-state index in [1.54, 1.807) is 0 Å². The van der Waals surface area contributed by atoms with Gasteiger partial charge in [0.1, 0.15) is 0 Å². The second-order valence-electron chi connectivity index (χ2n) is 1.14. The summed E-state index contributed by atoms with van der Waals surface area (Å²) in [6.45, 7) is 1.84. The van der Waals surface area contributed by atoms with Crippen LogP contribution in [0, 0.1) is 0 Å². The van der Waals surface area contributed by atoms with Gasteiger partial charge in [-0.3, -0.25) is 4.79 Å². The zero-order chi connectivity index (χ0) is 4.99. The van der Waals surface area contributed by atoms with Crippen LogP contribution in [-0.4, -0.2) is 48.8 Å². The Bertz CT molecular complexity index is 60.5. The molecule has 2 nitrogen and oxygen atoms in total. The number of carboxylic acids is 1. The molecule has 0 heterocycles. The van der Waals surface area contributed by atoms with E-state index in [2.05, 4.69) is 0 Å². The summed E-state index contributed by atoms with van der Waals surface area (Å²) < 4.78 is 0. The van der Waals surface area contributed by atoms with Crippen LogP contribution in [0.5, 0.6) is 0 Å². The number of carboxylic acid groups (broad SMARTS) is 1. The van der Waals surface area contributed by atoms with Crippen molar-refractivity contribution >= 4 is 43.7 Å². The summed E-state index contributed by atoms with van der Waals surface area (Å²) in [7, 11) is 0. The molecule has 0 rings (SSSR count). The summed E-state index contributed by atoms with van der Waals surface area (Å²) in [5.41, 5.74) is 0. The molecule has 0 aliphatic heterocycles. The summed E-state index contributed by atoms with van der Waals surface area (Å²) >= 11 is 0. The van der Waals surface area contributed by atoms with Crippen molar-refractivity contribution in [2.45, 2.75) is 19.8 Å². The number of rotatable bonds is 2. The van der Waals surface area contributed by atoms with Crippen LogP contribution in [0.4, 0.5) is 0 Å². The van der Waals surface area contributed by atoms with Crippen LogP contribution >= 0.6 is 0 Å². The maximum atomic E-state index is 9.60. The molecule has 0 aromatic heterocycles. The second-order valence-corrected chi connectivity index (χ2v) is 1.14. The van der Waals surface area contributed by atoms with Crippen molar-refractivity contribution in [3.8, 4) is 0 Å². The minimum absolute atomic E-state index is 0. The molecule has 0 aromatic rings. The molecule has 0 aliphatic rings. The van der Waals surface area contributed by atoms with E-state index >= 15 is 0 Å². The predicted octanol–water partition coefficient (Wildman–Crippen LogP) is 0.715. The normalized spacial score (nSPS) is 7.00. The molecule has 0 spiro atoms. The fraction of sp³-hybridized carbons (Fsp3) is 0.750. The van der Waals surface area contributed by atoms with Crippen molar-refractivity contribution in [1.29, 1.82) is 0 Å². The minimum atomic E-state index is -0.711. The molecule has 40 valence electrons. The van der Waals surface area contributed by atoms with E-state index < -0.39 is 5.97 Å². The number of aliphatic carboxylic acids is 1. The maximum Gasteiger partial charge on any atom is 2.00 e. The zero-order valence-corrected chi connectivity index (χ0v) is 6.69. The third kappa shape index (κ3) is 10.8. The van der Waals surface area contributed by atoms with Gasteiger partial charge < -0.3 is 7.96 Å². The average molecular weight is 130 g/mol. The molecule has 0 atom stereocenters. The monoisotopic (exact) mass is 130 g/mol. The Morgan fingerprint density at radius 2 is 2.29 bits per heavy atom. The van der Waals surface area contributed by atoms with E-state index in [1.165, 1.54) is 0 Å². The Morgan fingerprint density at radius 3 is 2.29 bits per heavy atom. The fourth-order valence-electron chi connectivity index (χ4n) is 0.214. The standard InChI is InChI=1S/C4H8O2.Ca.2H/c1-2-3-4(5)6;;;/h2-3H2,1H3,(H,5,6);;;/q;+2;2*-1. The van der Waals surface area contributed by atoms with E-state index in [4.69, 9.17) is 5.11 Å². The maximum absolute atomic E-state index is 9.60. The van der Waals surface area contributed by atoms with Crippen molar-refractivity contribution in [1.82, 2.24) is 0 Å². The Labute approximate surface area is 75.9 Å². The van der Waals surface area contributed by atoms with E-state index in [-0.39, 0.29) is 40.6 Å². The summed E-state index contributed by atoms with van der Waals surface area (Å²) in [5.74, 6) is -0.711. The van der Waals surface area contributed by atoms with Crippen LogP contribution in [0.15, 0.2) is 0 Å². The summed E-state index contributed by atoms with van der Waals surface area (Å²) in [6.07, 6.45) is 1.02. The summed E-state index contributed by atoms with van der Waals surface area (Å²) in [6, 6.07) is 0. The van der Waals surface area contributed by atoms with Gasteiger partial charge in [0.15, 0.2) is 0 Å². The number of hydrogen-bond donors (Lipinski definition) is 1. The van der Waals surface area contributed by atoms with Crippen molar-refractivity contribution in [3.05, 3.63) is 0 Å². The van der Waals surface area contributed by atoms with Gasteiger partial charge in [-0.25, -0.2) is 0 Å². The Balaban J connectivity index is -0.0000000417. The first kappa shape index (κ1) is 10.7. The van der Waals surface area contributed by atoms with Crippen molar-refractivity contribution in [3.63, 3.8) is 0 Å². The summed E-state index contributed by atoms with van der Waals surface area (Å²) in [4.78, 5) is 9.60. The molecule has 7 heavy (non-hydrogen) atoms. The Morgan fingerprint density at radius 1 is 1.86 bits per heavy atom. The molecule has 0 aliphatic carbocycles. The van der Waals surface area contributed by atoms with Crippen molar-refractivity contribution in [2.75, 3.05) is 0 Å². The molecule has 3 heteroatoms. The van der Waals surface area contributed by atoms with Gasteiger partial charge in [0.25, 0.3) is 0 Å². The van der Waals surface area contributed by atoms with Gasteiger partial charge in [0, 0.05) is 6.42 Å². The SMILES string of the molecule is CCCC(=O)O.[Ca+2].[H-].[H-]. The van der Waals surface area contributed by atoms with Gasteiger partial charge >= 0.3 is 43.7 Å². The van der Waals surface area contributed by atoms with Crippen molar-refractivity contribution < 1.29 is 12.8 Å². The third-order valence-electron chi connectivity index (χ3n) is 0.464. The first-order valence-electron chi connectivity index (χ1n) is 1.99. The molecule has 0 saturated carbocycles. The van der Waals surface area contributed by atoms with E-state index in [0.29, 0.717) is 6.42 Å². The topological polar surface area (TPSA) is 37.3 Å². The van der Waals surface area contributed by atoms with E-state index in [1.807, 2.05) is 6.92 Å². The van der Waals surface area contributed by atoms with Crippen LogP contribution in [0.2, 0.25) is 0 Å². The van der Waals surface area contributed by atoms with Gasteiger partial charge in [-0.2, -0.15) is 0 Å². The predicted molar refractivity (Wildman–Crippen MR) is 30.5 cm³/mol. The zero-order valence-electron chi connectivity index (χ0n) is 6.48. The van der Waals surface area contributed by atoms with E-state index in [9.17, 15) is 4.79 Å². The van der Waals surface area contributed by atoms with Crippen LogP contribution in [0.1, 0.15) is 22.6 Å². The molecule has 0 fully saturated rings. The van der Waals surface area contributed by atoms with Crippen LogP contribution in [-0.2, 0) is 4.79 Å². The number of carbonyl (C=O) groups is 1. The molecule has 0 unspecified atom stereocenters. The Kier molecular flexibility index (Phi) is 10.3. The fourth-order valence-corrected chi connectivity index (χ4v) is 0.214. The number of hydrogen-bond acceptors (Lipinski definition) is 1. The molecule has 1 N–H and O–H groups in total. The third-order valence-corrected chi connectivity index (χ3v) is 0.464. The quantitative estimate of drug-likeness (QED) is 0.559. The van der Waals surface area contributed by atoms with Gasteiger partial charge in [-0.1, -0.05) is 6.92 Å². The average Bonchev–Trinajstić information content (AvgIpc) is 1.35. The minimum Gasteiger partial charge on any atom is -1.00 e. The largest absolute Gasteiger partial charge is 2.00 e. The molecule has 0 radical (unpaired) electrons. The first-order valence-corrected chi connectivity index (χ1v) is 1.99. The smallest absolute Gasteiger partial charge is 1.00 e. The van der Waals surface area contributed by atoms with Crippen LogP contribution in [0.3, 0.4) is 0 Å². The second kappa shape index (κ2) is 6.73. The van der Waals surface area contributed by atoms with Crippen molar-refractivity contribution in [2.24, 2.45) is 0 Å².